The van der Waals surface area contributed by atoms with E-state index in [0.29, 0.717) is 12.3 Å². The maximum atomic E-state index is 13.1. The van der Waals surface area contributed by atoms with Crippen LogP contribution in [0.5, 0.6) is 5.75 Å². The zero-order chi connectivity index (χ0) is 22.1. The Morgan fingerprint density at radius 1 is 1.16 bits per heavy atom. The summed E-state index contributed by atoms with van der Waals surface area (Å²) in [6, 6.07) is 5.81. The van der Waals surface area contributed by atoms with Gasteiger partial charge in [0.1, 0.15) is 17.9 Å². The van der Waals surface area contributed by atoms with Gasteiger partial charge < -0.3 is 19.5 Å². The van der Waals surface area contributed by atoms with Crippen LogP contribution in [0.25, 0.3) is 11.2 Å². The molecule has 2 aliphatic heterocycles. The number of nitrogens with zero attached hydrogens (tertiary/aromatic N) is 5. The Balaban J connectivity index is 1.38. The summed E-state index contributed by atoms with van der Waals surface area (Å²) in [6.45, 7) is 4.45. The zero-order valence-electron chi connectivity index (χ0n) is 18.8. The van der Waals surface area contributed by atoms with E-state index in [0.717, 1.165) is 72.8 Å². The van der Waals surface area contributed by atoms with E-state index in [9.17, 15) is 4.79 Å². The molecule has 32 heavy (non-hydrogen) atoms. The van der Waals surface area contributed by atoms with Gasteiger partial charge in [-0.25, -0.2) is 15.0 Å². The molecule has 4 heterocycles. The van der Waals surface area contributed by atoms with Crippen LogP contribution in [-0.4, -0.2) is 45.6 Å². The molecular formula is C24H30N6O2. The summed E-state index contributed by atoms with van der Waals surface area (Å²) < 4.78 is 7.68. The van der Waals surface area contributed by atoms with Gasteiger partial charge >= 0.3 is 0 Å². The van der Waals surface area contributed by atoms with Gasteiger partial charge in [-0.05, 0) is 50.3 Å². The van der Waals surface area contributed by atoms with E-state index in [1.165, 1.54) is 12.8 Å². The first kappa shape index (κ1) is 20.7. The van der Waals surface area contributed by atoms with Gasteiger partial charge in [0.05, 0.1) is 18.7 Å². The Morgan fingerprint density at radius 2 is 2.06 bits per heavy atom. The van der Waals surface area contributed by atoms with Crippen LogP contribution in [0.4, 0.5) is 11.5 Å². The highest BCUT2D eigenvalue weighted by atomic mass is 16.5. The fourth-order valence-corrected chi connectivity index (χ4v) is 4.89. The average molecular weight is 435 g/mol. The van der Waals surface area contributed by atoms with E-state index in [4.69, 9.17) is 9.72 Å². The van der Waals surface area contributed by atoms with Crippen molar-refractivity contribution >= 4 is 28.6 Å². The Morgan fingerprint density at radius 3 is 2.94 bits per heavy atom. The number of hydrogen-bond donors (Lipinski definition) is 1. The monoisotopic (exact) mass is 434 g/mol. The minimum atomic E-state index is -0.126. The molecule has 3 aromatic rings. The number of anilines is 2. The molecule has 5 rings (SSSR count). The van der Waals surface area contributed by atoms with Crippen LogP contribution in [0, 0.1) is 12.8 Å². The van der Waals surface area contributed by atoms with E-state index in [1.807, 2.05) is 25.1 Å². The average Bonchev–Trinajstić information content (AvgIpc) is 3.00. The van der Waals surface area contributed by atoms with Crippen LogP contribution < -0.4 is 15.0 Å². The Hall–Kier alpha value is -3.16. The molecule has 0 bridgehead atoms. The molecule has 8 heteroatoms. The lowest BCUT2D eigenvalue weighted by Gasteiger charge is -2.33. The van der Waals surface area contributed by atoms with Crippen molar-refractivity contribution in [2.24, 2.45) is 5.92 Å². The maximum Gasteiger partial charge on any atom is 0.229 e. The first-order valence-electron chi connectivity index (χ1n) is 11.5. The summed E-state index contributed by atoms with van der Waals surface area (Å²) in [5.41, 5.74) is 3.58. The predicted octanol–water partition coefficient (Wildman–Crippen LogP) is 3.72. The van der Waals surface area contributed by atoms with Gasteiger partial charge in [0.15, 0.2) is 17.0 Å². The third-order valence-corrected chi connectivity index (χ3v) is 6.58. The molecule has 0 saturated carbocycles. The highest BCUT2D eigenvalue weighted by Gasteiger charge is 2.29. The number of nitrogens with one attached hydrogen (secondary N) is 1. The van der Waals surface area contributed by atoms with Crippen molar-refractivity contribution in [3.8, 4) is 5.75 Å². The molecule has 1 fully saturated rings. The quantitative estimate of drug-likeness (QED) is 0.674. The molecule has 1 N–H and O–H groups in total. The van der Waals surface area contributed by atoms with E-state index in [2.05, 4.69) is 24.8 Å². The highest BCUT2D eigenvalue weighted by Crippen LogP contribution is 2.31. The van der Waals surface area contributed by atoms with Crippen molar-refractivity contribution in [3.05, 3.63) is 35.9 Å². The van der Waals surface area contributed by atoms with Crippen LogP contribution in [0.2, 0.25) is 0 Å². The van der Waals surface area contributed by atoms with Crippen LogP contribution in [0.15, 0.2) is 24.5 Å². The fourth-order valence-electron chi connectivity index (χ4n) is 4.89. The molecule has 8 nitrogen and oxygen atoms in total. The summed E-state index contributed by atoms with van der Waals surface area (Å²) in [5.74, 6) is 2.52. The lowest BCUT2D eigenvalue weighted by Crippen LogP contribution is -2.41. The smallest absolute Gasteiger partial charge is 0.229 e. The maximum absolute atomic E-state index is 13.1. The van der Waals surface area contributed by atoms with Crippen molar-refractivity contribution in [1.29, 1.82) is 0 Å². The van der Waals surface area contributed by atoms with Crippen LogP contribution in [0.1, 0.15) is 43.5 Å². The number of ether oxygens (including phenoxy) is 1. The second kappa shape index (κ2) is 8.76. The van der Waals surface area contributed by atoms with Crippen molar-refractivity contribution in [2.45, 2.75) is 52.0 Å². The molecule has 168 valence electrons. The van der Waals surface area contributed by atoms with Crippen molar-refractivity contribution < 1.29 is 9.53 Å². The van der Waals surface area contributed by atoms with Gasteiger partial charge in [0.25, 0.3) is 0 Å². The number of methoxy groups -OCH3 is 1. The van der Waals surface area contributed by atoms with E-state index >= 15 is 0 Å². The number of benzene rings is 1. The number of aryl methyl sites for hydroxylation is 3. The molecule has 0 spiro atoms. The molecule has 0 aliphatic carbocycles. The third kappa shape index (κ3) is 3.89. The predicted molar refractivity (Wildman–Crippen MR) is 124 cm³/mol. The third-order valence-electron chi connectivity index (χ3n) is 6.58. The van der Waals surface area contributed by atoms with Crippen molar-refractivity contribution in [1.82, 2.24) is 19.5 Å². The molecule has 2 aliphatic rings. The molecular weight excluding hydrogens is 404 g/mol. The Labute approximate surface area is 188 Å². The number of rotatable bonds is 4. The SMILES string of the molecule is COc1ccc(C)cc1NC(=O)[C@@H]1CCCN(c2ncnc3c2nc2n3CCCCC2)C1. The van der Waals surface area contributed by atoms with Crippen LogP contribution >= 0.6 is 0 Å². The molecule has 1 aromatic carbocycles. The molecule has 2 aromatic heterocycles. The normalized spacial score (nSPS) is 18.8. The van der Waals surface area contributed by atoms with Gasteiger partial charge in [0, 0.05) is 26.1 Å². The number of amides is 1. The van der Waals surface area contributed by atoms with E-state index < -0.39 is 0 Å². The summed E-state index contributed by atoms with van der Waals surface area (Å²) in [7, 11) is 1.62. The highest BCUT2D eigenvalue weighted by molar-refractivity contribution is 5.95. The minimum Gasteiger partial charge on any atom is -0.495 e. The standard InChI is InChI=1S/C24H30N6O2/c1-16-9-10-19(32-2)18(13-16)27-24(31)17-7-6-11-29(14-17)22-21-23(26-15-25-22)30-12-5-3-4-8-20(30)28-21/h9-10,13,15,17H,3-8,11-12,14H2,1-2H3,(H,27,31)/t17-/m1/s1. The number of aromatic nitrogens is 4. The van der Waals surface area contributed by atoms with Crippen LogP contribution in [0.3, 0.4) is 0 Å². The minimum absolute atomic E-state index is 0.0181. The first-order chi connectivity index (χ1) is 15.6. The van der Waals surface area contributed by atoms with Gasteiger partial charge in [-0.2, -0.15) is 0 Å². The topological polar surface area (TPSA) is 85.2 Å². The summed E-state index contributed by atoms with van der Waals surface area (Å²) in [6.07, 6.45) is 7.97. The number of carbonyl (C=O) groups is 1. The number of carbonyl (C=O) groups excluding carboxylic acids is 1. The number of fused-ring (bicyclic) bond motifs is 3. The van der Waals surface area contributed by atoms with E-state index in [-0.39, 0.29) is 11.8 Å². The summed E-state index contributed by atoms with van der Waals surface area (Å²) >= 11 is 0. The molecule has 1 saturated heterocycles. The summed E-state index contributed by atoms with van der Waals surface area (Å²) in [4.78, 5) is 29.4. The van der Waals surface area contributed by atoms with Gasteiger partial charge in [0.2, 0.25) is 5.91 Å². The van der Waals surface area contributed by atoms with Gasteiger partial charge in [-0.1, -0.05) is 12.5 Å². The molecule has 0 unspecified atom stereocenters. The first-order valence-corrected chi connectivity index (χ1v) is 11.5. The lowest BCUT2D eigenvalue weighted by atomic mass is 9.97. The Kier molecular flexibility index (Phi) is 5.68. The molecule has 1 atom stereocenters. The lowest BCUT2D eigenvalue weighted by molar-refractivity contribution is -0.120. The van der Waals surface area contributed by atoms with Gasteiger partial charge in [-0.3, -0.25) is 4.79 Å². The van der Waals surface area contributed by atoms with Crippen molar-refractivity contribution in [3.63, 3.8) is 0 Å². The number of imidazole rings is 1. The van der Waals surface area contributed by atoms with Gasteiger partial charge in [-0.15, -0.1) is 0 Å². The Bertz CT molecular complexity index is 1140. The molecule has 0 radical (unpaired) electrons. The summed E-state index contributed by atoms with van der Waals surface area (Å²) in [5, 5.41) is 3.08. The van der Waals surface area contributed by atoms with Crippen molar-refractivity contribution in [2.75, 3.05) is 30.4 Å². The number of hydrogen-bond acceptors (Lipinski definition) is 6. The van der Waals surface area contributed by atoms with Crippen LogP contribution in [-0.2, 0) is 17.8 Å². The number of piperidine rings is 1. The van der Waals surface area contributed by atoms with E-state index in [1.54, 1.807) is 13.4 Å². The zero-order valence-corrected chi connectivity index (χ0v) is 18.8. The second-order valence-electron chi connectivity index (χ2n) is 8.84. The molecule has 1 amide bonds. The largest absolute Gasteiger partial charge is 0.495 e. The fraction of sp³-hybridized carbons (Fsp3) is 0.500. The second-order valence-corrected chi connectivity index (χ2v) is 8.84.